The lowest BCUT2D eigenvalue weighted by atomic mass is 10.3. The van der Waals surface area contributed by atoms with Crippen LogP contribution in [-0.2, 0) is 20.3 Å². The highest BCUT2D eigenvalue weighted by Gasteiger charge is 2.04. The molecule has 78 valence electrons. The van der Waals surface area contributed by atoms with Gasteiger partial charge in [-0.15, -0.1) is 0 Å². The molecule has 0 bridgehead atoms. The molecule has 0 aliphatic heterocycles. The molecule has 7 heteroatoms. The van der Waals surface area contributed by atoms with E-state index < -0.39 is 11.4 Å². The van der Waals surface area contributed by atoms with Crippen LogP contribution in [-0.4, -0.2) is 45.8 Å². The summed E-state index contributed by atoms with van der Waals surface area (Å²) in [6.07, 6.45) is 0.632. The number of nitrogens with two attached hydrogens (primary N) is 1. The Kier molecular flexibility index (Phi) is 6.69. The first kappa shape index (κ1) is 12.5. The van der Waals surface area contributed by atoms with Gasteiger partial charge in [0.15, 0.2) is 0 Å². The Hall–Kier alpha value is -0.500. The third-order valence-electron chi connectivity index (χ3n) is 1.23. The predicted molar refractivity (Wildman–Crippen MR) is 48.0 cm³/mol. The van der Waals surface area contributed by atoms with Crippen molar-refractivity contribution in [1.82, 2.24) is 4.90 Å². The molecular formula is C6H14N2O4S. The molecule has 1 amide bonds. The molecule has 0 radical (unpaired) electrons. The van der Waals surface area contributed by atoms with E-state index in [-0.39, 0.29) is 19.2 Å². The second kappa shape index (κ2) is 6.96. The molecule has 0 aliphatic carbocycles. The van der Waals surface area contributed by atoms with Crippen LogP contribution in [0.5, 0.6) is 0 Å². The van der Waals surface area contributed by atoms with Gasteiger partial charge < -0.3 is 10.6 Å². The van der Waals surface area contributed by atoms with Gasteiger partial charge in [0, 0.05) is 19.1 Å². The van der Waals surface area contributed by atoms with Crippen LogP contribution in [0, 0.1) is 0 Å². The molecule has 0 heterocycles. The number of hydrogen-bond acceptors (Lipinski definition) is 4. The fourth-order valence-electron chi connectivity index (χ4n) is 0.783. The van der Waals surface area contributed by atoms with E-state index in [0.29, 0.717) is 13.0 Å². The lowest BCUT2D eigenvalue weighted by Crippen LogP contribution is -2.36. The topological polar surface area (TPSA) is 92.9 Å². The molecule has 0 saturated carbocycles. The quantitative estimate of drug-likeness (QED) is 0.413. The van der Waals surface area contributed by atoms with E-state index in [2.05, 4.69) is 4.18 Å². The van der Waals surface area contributed by atoms with Crippen molar-refractivity contribution in [3.63, 3.8) is 0 Å². The summed E-state index contributed by atoms with van der Waals surface area (Å²) >= 11 is -2.27. The predicted octanol–water partition coefficient (Wildman–Crippen LogP) is -1.05. The second-order valence-electron chi connectivity index (χ2n) is 2.62. The monoisotopic (exact) mass is 210 g/mol. The van der Waals surface area contributed by atoms with Crippen LogP contribution in [0.15, 0.2) is 0 Å². The molecule has 0 aromatic rings. The van der Waals surface area contributed by atoms with Crippen molar-refractivity contribution in [2.24, 2.45) is 5.73 Å². The van der Waals surface area contributed by atoms with Gasteiger partial charge in [-0.25, -0.2) is 0 Å². The Morgan fingerprint density at radius 2 is 2.38 bits per heavy atom. The van der Waals surface area contributed by atoms with Gasteiger partial charge >= 0.3 is 11.4 Å². The third kappa shape index (κ3) is 7.85. The zero-order chi connectivity index (χ0) is 10.3. The first-order chi connectivity index (χ1) is 6.06. The minimum Gasteiger partial charge on any atom is -0.341 e. The molecule has 0 saturated heterocycles. The standard InChI is InChI=1S/C6H14N2O4S/c1-6(7)4-8(5-9)2-3-12-13(10)11/h5-6H,2-4,7H2,1H3,(H,10,11). The summed E-state index contributed by atoms with van der Waals surface area (Å²) in [6, 6.07) is -0.121. The van der Waals surface area contributed by atoms with Gasteiger partial charge in [-0.1, -0.05) is 0 Å². The van der Waals surface area contributed by atoms with E-state index in [4.69, 9.17) is 10.3 Å². The van der Waals surface area contributed by atoms with Gasteiger partial charge in [-0.3, -0.25) is 13.5 Å². The molecule has 3 N–H and O–H groups in total. The van der Waals surface area contributed by atoms with E-state index in [9.17, 15) is 9.00 Å². The molecular weight excluding hydrogens is 196 g/mol. The molecule has 13 heavy (non-hydrogen) atoms. The van der Waals surface area contributed by atoms with Gasteiger partial charge in [0.1, 0.15) is 0 Å². The van der Waals surface area contributed by atoms with Gasteiger partial charge in [0.25, 0.3) is 0 Å². The fourth-order valence-corrected chi connectivity index (χ4v) is 1.000. The second-order valence-corrected chi connectivity index (χ2v) is 3.29. The largest absolute Gasteiger partial charge is 0.341 e. The highest BCUT2D eigenvalue weighted by Crippen LogP contribution is 1.88. The number of carbonyl (C=O) groups is 1. The molecule has 0 aromatic carbocycles. The van der Waals surface area contributed by atoms with Crippen LogP contribution in [0.3, 0.4) is 0 Å². The van der Waals surface area contributed by atoms with Crippen molar-refractivity contribution in [2.75, 3.05) is 19.7 Å². The van der Waals surface area contributed by atoms with Crippen LogP contribution in [0.25, 0.3) is 0 Å². The van der Waals surface area contributed by atoms with Crippen molar-refractivity contribution < 1.29 is 17.7 Å². The zero-order valence-electron chi connectivity index (χ0n) is 7.38. The summed E-state index contributed by atoms with van der Waals surface area (Å²) in [6.45, 7) is 2.46. The van der Waals surface area contributed by atoms with Crippen molar-refractivity contribution >= 4 is 17.8 Å². The lowest BCUT2D eigenvalue weighted by molar-refractivity contribution is -0.118. The molecule has 0 rings (SSSR count). The molecule has 6 nitrogen and oxygen atoms in total. The summed E-state index contributed by atoms with van der Waals surface area (Å²) in [5, 5.41) is 0. The molecule has 0 aromatic heterocycles. The Labute approximate surface area is 79.5 Å². The van der Waals surface area contributed by atoms with Gasteiger partial charge in [0.2, 0.25) is 6.41 Å². The molecule has 0 spiro atoms. The molecule has 2 unspecified atom stereocenters. The normalized spacial score (nSPS) is 15.0. The van der Waals surface area contributed by atoms with Crippen molar-refractivity contribution in [3.05, 3.63) is 0 Å². The number of rotatable bonds is 7. The SMILES string of the molecule is CC(N)CN(C=O)CCOS(=O)O. The van der Waals surface area contributed by atoms with Crippen LogP contribution < -0.4 is 5.73 Å². The minimum absolute atomic E-state index is 0.0224. The number of amides is 1. The number of carbonyl (C=O) groups excluding carboxylic acids is 1. The Balaban J connectivity index is 3.59. The smallest absolute Gasteiger partial charge is 0.301 e. The number of hydrogen-bond donors (Lipinski definition) is 2. The van der Waals surface area contributed by atoms with Gasteiger partial charge in [-0.2, -0.15) is 4.21 Å². The Morgan fingerprint density at radius 1 is 1.77 bits per heavy atom. The van der Waals surface area contributed by atoms with Crippen LogP contribution in [0.2, 0.25) is 0 Å². The fraction of sp³-hybridized carbons (Fsp3) is 0.833. The first-order valence-electron chi connectivity index (χ1n) is 3.75. The van der Waals surface area contributed by atoms with E-state index in [0.717, 1.165) is 0 Å². The molecule has 2 atom stereocenters. The maximum absolute atomic E-state index is 10.4. The highest BCUT2D eigenvalue weighted by atomic mass is 32.2. The van der Waals surface area contributed by atoms with Crippen molar-refractivity contribution in [3.8, 4) is 0 Å². The van der Waals surface area contributed by atoms with Gasteiger partial charge in [-0.05, 0) is 6.92 Å². The highest BCUT2D eigenvalue weighted by molar-refractivity contribution is 7.74. The average Bonchev–Trinajstić information content (AvgIpc) is 2.01. The first-order valence-corrected chi connectivity index (χ1v) is 4.78. The third-order valence-corrected chi connectivity index (χ3v) is 1.60. The maximum atomic E-state index is 10.4. The van der Waals surface area contributed by atoms with Crippen LogP contribution in [0.4, 0.5) is 0 Å². The van der Waals surface area contributed by atoms with Crippen molar-refractivity contribution in [1.29, 1.82) is 0 Å². The minimum atomic E-state index is -2.27. The van der Waals surface area contributed by atoms with Gasteiger partial charge in [0.05, 0.1) is 6.61 Å². The van der Waals surface area contributed by atoms with Crippen molar-refractivity contribution in [2.45, 2.75) is 13.0 Å². The Morgan fingerprint density at radius 3 is 2.77 bits per heavy atom. The Bertz CT molecular complexity index is 176. The van der Waals surface area contributed by atoms with Crippen LogP contribution >= 0.6 is 0 Å². The zero-order valence-corrected chi connectivity index (χ0v) is 8.20. The maximum Gasteiger partial charge on any atom is 0.301 e. The molecule has 0 aliphatic rings. The van der Waals surface area contributed by atoms with E-state index >= 15 is 0 Å². The van der Waals surface area contributed by atoms with E-state index in [1.807, 2.05) is 0 Å². The summed E-state index contributed by atoms with van der Waals surface area (Å²) < 4.78 is 22.6. The summed E-state index contributed by atoms with van der Waals surface area (Å²) in [7, 11) is 0. The summed E-state index contributed by atoms with van der Waals surface area (Å²) in [5.74, 6) is 0. The number of nitrogens with zero attached hydrogens (tertiary/aromatic N) is 1. The molecule has 0 fully saturated rings. The average molecular weight is 210 g/mol. The lowest BCUT2D eigenvalue weighted by Gasteiger charge is -2.18. The van der Waals surface area contributed by atoms with Crippen LogP contribution in [0.1, 0.15) is 6.92 Å². The summed E-state index contributed by atoms with van der Waals surface area (Å²) in [5.41, 5.74) is 5.45. The summed E-state index contributed by atoms with van der Waals surface area (Å²) in [4.78, 5) is 11.8. The van der Waals surface area contributed by atoms with E-state index in [1.165, 1.54) is 4.90 Å². The van der Waals surface area contributed by atoms with E-state index in [1.54, 1.807) is 6.92 Å².